The second-order valence-corrected chi connectivity index (χ2v) is 2.07. The van der Waals surface area contributed by atoms with Gasteiger partial charge < -0.3 is 0 Å². The van der Waals surface area contributed by atoms with E-state index in [9.17, 15) is 0 Å². The first-order chi connectivity index (χ1) is 3.81. The van der Waals surface area contributed by atoms with Crippen molar-refractivity contribution in [2.75, 3.05) is 5.88 Å². The molecule has 0 N–H and O–H groups in total. The van der Waals surface area contributed by atoms with E-state index in [1.54, 1.807) is 12.2 Å². The van der Waals surface area contributed by atoms with E-state index in [2.05, 4.69) is 5.92 Å². The largest absolute Gasteiger partial charge is 0.125 e. The highest BCUT2D eigenvalue weighted by Gasteiger charge is 1.91. The predicted molar refractivity (Wildman–Crippen MR) is 38.3 cm³/mol. The third-order valence-electron chi connectivity index (χ3n) is 0.549. The van der Waals surface area contributed by atoms with Crippen molar-refractivity contribution in [2.24, 2.45) is 0 Å². The summed E-state index contributed by atoms with van der Waals surface area (Å²) in [6.45, 7) is 0. The molecule has 0 aromatic rings. The fraction of sp³-hybridized carbons (Fsp3) is 0.333. The number of alkyl halides is 2. The molecule has 0 radical (unpaired) electrons. The van der Waals surface area contributed by atoms with Gasteiger partial charge in [-0.25, -0.2) is 0 Å². The lowest BCUT2D eigenvalue weighted by atomic mass is 10.4. The van der Waals surface area contributed by atoms with Crippen LogP contribution in [0.1, 0.15) is 0 Å². The molecule has 1 unspecified atom stereocenters. The first kappa shape index (κ1) is 7.88. The van der Waals surface area contributed by atoms with E-state index in [0.717, 1.165) is 0 Å². The molecule has 0 spiro atoms. The lowest BCUT2D eigenvalue weighted by Gasteiger charge is -1.90. The molecule has 0 aliphatic carbocycles. The van der Waals surface area contributed by atoms with Gasteiger partial charge in [0.05, 0.1) is 5.38 Å². The third kappa shape index (κ3) is 4.05. The van der Waals surface area contributed by atoms with Crippen LogP contribution in [0.3, 0.4) is 0 Å². The minimum atomic E-state index is -0.132. The van der Waals surface area contributed by atoms with Crippen molar-refractivity contribution >= 4 is 23.2 Å². The molecule has 0 aromatic heterocycles. The number of allylic oxidation sites excluding steroid dienone is 2. The molecule has 0 saturated carbocycles. The molecule has 0 nitrogen and oxygen atoms in total. The fourth-order valence-electron chi connectivity index (χ4n) is 0.211. The van der Waals surface area contributed by atoms with Gasteiger partial charge in [0.2, 0.25) is 0 Å². The minimum absolute atomic E-state index is 0.132. The smallest absolute Gasteiger partial charge is 0.0660 e. The van der Waals surface area contributed by atoms with Crippen LogP contribution in [0.15, 0.2) is 12.2 Å². The molecule has 0 aromatic carbocycles. The quantitative estimate of drug-likeness (QED) is 0.416. The summed E-state index contributed by atoms with van der Waals surface area (Å²) < 4.78 is 0. The average molecular weight is 149 g/mol. The molecule has 44 valence electrons. The normalized spacial score (nSPS) is 13.6. The molecule has 0 aliphatic rings. The Morgan fingerprint density at radius 3 is 2.75 bits per heavy atom. The van der Waals surface area contributed by atoms with Crippen LogP contribution >= 0.6 is 23.2 Å². The molecule has 8 heavy (non-hydrogen) atoms. The Morgan fingerprint density at radius 1 is 1.75 bits per heavy atom. The molecule has 1 atom stereocenters. The summed E-state index contributed by atoms with van der Waals surface area (Å²) in [4.78, 5) is 0. The molecule has 0 amide bonds. The van der Waals surface area contributed by atoms with Crippen molar-refractivity contribution in [2.45, 2.75) is 5.38 Å². The van der Waals surface area contributed by atoms with Gasteiger partial charge >= 0.3 is 0 Å². The van der Waals surface area contributed by atoms with Gasteiger partial charge in [-0.2, -0.15) is 0 Å². The van der Waals surface area contributed by atoms with Crippen LogP contribution in [0.25, 0.3) is 0 Å². The van der Waals surface area contributed by atoms with Gasteiger partial charge in [-0.15, -0.1) is 29.6 Å². The number of rotatable bonds is 2. The van der Waals surface area contributed by atoms with Gasteiger partial charge in [-0.05, 0) is 6.08 Å². The highest BCUT2D eigenvalue weighted by molar-refractivity contribution is 6.28. The Bertz CT molecular complexity index is 110. The van der Waals surface area contributed by atoms with E-state index < -0.39 is 0 Å². The second kappa shape index (κ2) is 5.03. The Kier molecular flexibility index (Phi) is 4.95. The average Bonchev–Trinajstić information content (AvgIpc) is 1.83. The van der Waals surface area contributed by atoms with Gasteiger partial charge in [0.1, 0.15) is 0 Å². The molecule has 0 bridgehead atoms. The van der Waals surface area contributed by atoms with Crippen molar-refractivity contribution in [3.63, 3.8) is 0 Å². The lowest BCUT2D eigenvalue weighted by Crippen LogP contribution is -1.92. The first-order valence-electron chi connectivity index (χ1n) is 2.14. The minimum Gasteiger partial charge on any atom is -0.125 e. The topological polar surface area (TPSA) is 0 Å². The van der Waals surface area contributed by atoms with Gasteiger partial charge in [-0.3, -0.25) is 0 Å². The number of hydrogen-bond donors (Lipinski definition) is 0. The highest BCUT2D eigenvalue weighted by atomic mass is 35.5. The summed E-state index contributed by atoms with van der Waals surface area (Å²) in [5.41, 5.74) is 0. The fourth-order valence-corrected chi connectivity index (χ4v) is 0.387. The summed E-state index contributed by atoms with van der Waals surface area (Å²) in [6, 6.07) is 0. The monoisotopic (exact) mass is 148 g/mol. The maximum absolute atomic E-state index is 5.53. The van der Waals surface area contributed by atoms with Crippen LogP contribution in [0.4, 0.5) is 0 Å². The Hall–Kier alpha value is -0.120. The van der Waals surface area contributed by atoms with Crippen LogP contribution in [-0.2, 0) is 0 Å². The van der Waals surface area contributed by atoms with Crippen molar-refractivity contribution in [1.82, 2.24) is 0 Å². The maximum atomic E-state index is 5.53. The van der Waals surface area contributed by atoms with Crippen molar-refractivity contribution in [3.05, 3.63) is 12.2 Å². The zero-order chi connectivity index (χ0) is 6.41. The number of halogens is 2. The van der Waals surface area contributed by atoms with Gasteiger partial charge in [-0.1, -0.05) is 12.0 Å². The third-order valence-corrected chi connectivity index (χ3v) is 1.34. The first-order valence-corrected chi connectivity index (χ1v) is 3.11. The van der Waals surface area contributed by atoms with Crippen LogP contribution in [0, 0.1) is 12.3 Å². The Morgan fingerprint density at radius 2 is 2.38 bits per heavy atom. The SMILES string of the molecule is C#C/C=C/C(Cl)CCl. The molecule has 2 heteroatoms. The van der Waals surface area contributed by atoms with E-state index in [4.69, 9.17) is 29.6 Å². The summed E-state index contributed by atoms with van der Waals surface area (Å²) in [7, 11) is 0. The molecular formula is C6H6Cl2. The lowest BCUT2D eigenvalue weighted by molar-refractivity contribution is 1.24. The summed E-state index contributed by atoms with van der Waals surface area (Å²) in [5.74, 6) is 2.71. The van der Waals surface area contributed by atoms with Crippen LogP contribution < -0.4 is 0 Å². The van der Waals surface area contributed by atoms with Crippen molar-refractivity contribution < 1.29 is 0 Å². The van der Waals surface area contributed by atoms with E-state index >= 15 is 0 Å². The van der Waals surface area contributed by atoms with Crippen molar-refractivity contribution in [3.8, 4) is 12.3 Å². The summed E-state index contributed by atoms with van der Waals surface area (Å²) >= 11 is 10.9. The molecule has 0 saturated heterocycles. The van der Waals surface area contributed by atoms with Gasteiger partial charge in [0.25, 0.3) is 0 Å². The van der Waals surface area contributed by atoms with Crippen molar-refractivity contribution in [1.29, 1.82) is 0 Å². The van der Waals surface area contributed by atoms with Gasteiger partial charge in [0.15, 0.2) is 0 Å². The Labute approximate surface area is 59.5 Å². The van der Waals surface area contributed by atoms with Crippen LogP contribution in [0.5, 0.6) is 0 Å². The predicted octanol–water partition coefficient (Wildman–Crippen LogP) is 2.02. The Balaban J connectivity index is 3.40. The van der Waals surface area contributed by atoms with Gasteiger partial charge in [0, 0.05) is 5.88 Å². The van der Waals surface area contributed by atoms with Crippen LogP contribution in [0.2, 0.25) is 0 Å². The van der Waals surface area contributed by atoms with Crippen LogP contribution in [-0.4, -0.2) is 11.3 Å². The summed E-state index contributed by atoms with van der Waals surface area (Å²) in [6.07, 6.45) is 8.11. The van der Waals surface area contributed by atoms with E-state index in [1.807, 2.05) is 0 Å². The zero-order valence-corrected chi connectivity index (χ0v) is 5.78. The number of hydrogen-bond acceptors (Lipinski definition) is 0. The molecule has 0 heterocycles. The zero-order valence-electron chi connectivity index (χ0n) is 4.27. The molecule has 0 aliphatic heterocycles. The van der Waals surface area contributed by atoms with E-state index in [-0.39, 0.29) is 5.38 Å². The second-order valence-electron chi connectivity index (χ2n) is 1.20. The highest BCUT2D eigenvalue weighted by Crippen LogP contribution is 1.98. The number of terminal acetylenes is 1. The molecular weight excluding hydrogens is 143 g/mol. The maximum Gasteiger partial charge on any atom is 0.0660 e. The molecule has 0 fully saturated rings. The molecule has 0 rings (SSSR count). The standard InChI is InChI=1S/C6H6Cl2/c1-2-3-4-6(8)5-7/h1,3-4,6H,5H2/b4-3+. The van der Waals surface area contributed by atoms with E-state index in [0.29, 0.717) is 5.88 Å². The summed E-state index contributed by atoms with van der Waals surface area (Å²) in [5, 5.41) is -0.132. The van der Waals surface area contributed by atoms with E-state index in [1.165, 1.54) is 0 Å².